The van der Waals surface area contributed by atoms with Gasteiger partial charge in [-0.25, -0.2) is 0 Å². The summed E-state index contributed by atoms with van der Waals surface area (Å²) in [5, 5.41) is 14.0. The highest BCUT2D eigenvalue weighted by Crippen LogP contribution is 2.25. The zero-order chi connectivity index (χ0) is 14.5. The molecule has 4 heteroatoms. The molecule has 0 heterocycles. The average molecular weight is 268 g/mol. The van der Waals surface area contributed by atoms with Gasteiger partial charge in [0.2, 0.25) is 5.91 Å². The minimum atomic E-state index is -1.15. The van der Waals surface area contributed by atoms with Gasteiger partial charge in [-0.2, -0.15) is 0 Å². The lowest BCUT2D eigenvalue weighted by molar-refractivity contribution is -0.306. The van der Waals surface area contributed by atoms with Crippen LogP contribution in [0.4, 0.5) is 5.69 Å². The van der Waals surface area contributed by atoms with Crippen molar-refractivity contribution in [1.29, 1.82) is 0 Å². The average Bonchev–Trinajstić information content (AvgIpc) is 2.41. The zero-order valence-electron chi connectivity index (χ0n) is 11.0. The Labute approximate surface area is 117 Å². The molecule has 0 saturated heterocycles. The van der Waals surface area contributed by atoms with E-state index < -0.39 is 11.9 Å². The number of anilines is 1. The molecule has 0 aliphatic heterocycles. The molecule has 0 saturated carbocycles. The molecule has 2 aromatic rings. The summed E-state index contributed by atoms with van der Waals surface area (Å²) in [7, 11) is 0. The second-order valence-corrected chi connectivity index (χ2v) is 4.47. The summed E-state index contributed by atoms with van der Waals surface area (Å²) >= 11 is 0. The van der Waals surface area contributed by atoms with Gasteiger partial charge in [0.25, 0.3) is 0 Å². The minimum Gasteiger partial charge on any atom is -0.549 e. The van der Waals surface area contributed by atoms with Crippen molar-refractivity contribution in [2.45, 2.75) is 12.8 Å². The Balaban J connectivity index is 2.31. The van der Waals surface area contributed by atoms with Gasteiger partial charge in [0, 0.05) is 18.5 Å². The number of hydrogen-bond donors (Lipinski definition) is 1. The smallest absolute Gasteiger partial charge is 0.221 e. The minimum absolute atomic E-state index is 0.169. The van der Waals surface area contributed by atoms with E-state index in [0.717, 1.165) is 0 Å². The first-order valence-electron chi connectivity index (χ1n) is 6.21. The molecule has 4 nitrogen and oxygen atoms in total. The molecule has 102 valence electrons. The Hall–Kier alpha value is -2.62. The maximum Gasteiger partial charge on any atom is 0.221 e. The molecule has 0 radical (unpaired) electrons. The number of carboxylic acid groups (broad SMARTS) is 1. The van der Waals surface area contributed by atoms with Crippen LogP contribution in [0.2, 0.25) is 0 Å². The summed E-state index contributed by atoms with van der Waals surface area (Å²) in [5.74, 6) is -2.14. The van der Waals surface area contributed by atoms with Crippen molar-refractivity contribution in [2.75, 3.05) is 5.32 Å². The van der Waals surface area contributed by atoms with Crippen molar-refractivity contribution < 1.29 is 14.7 Å². The van der Waals surface area contributed by atoms with Crippen molar-refractivity contribution in [3.05, 3.63) is 65.7 Å². The Morgan fingerprint density at radius 1 is 0.950 bits per heavy atom. The summed E-state index contributed by atoms with van der Waals surface area (Å²) in [6.07, 6.45) is 0. The van der Waals surface area contributed by atoms with Crippen LogP contribution in [-0.4, -0.2) is 11.9 Å². The molecule has 0 aromatic heterocycles. The molecule has 0 fully saturated rings. The fourth-order valence-corrected chi connectivity index (χ4v) is 2.07. The number of nitrogens with one attached hydrogen (secondary N) is 1. The molecule has 1 atom stereocenters. The quantitative estimate of drug-likeness (QED) is 0.914. The molecule has 0 aliphatic rings. The van der Waals surface area contributed by atoms with E-state index in [0.29, 0.717) is 16.8 Å². The lowest BCUT2D eigenvalue weighted by atomic mass is 9.91. The van der Waals surface area contributed by atoms with E-state index in [1.54, 1.807) is 48.5 Å². The number of benzene rings is 2. The molecule has 1 unspecified atom stereocenters. The summed E-state index contributed by atoms with van der Waals surface area (Å²) in [6.45, 7) is 1.42. The van der Waals surface area contributed by atoms with E-state index in [1.807, 2.05) is 6.07 Å². The van der Waals surface area contributed by atoms with Crippen molar-refractivity contribution in [3.8, 4) is 0 Å². The summed E-state index contributed by atoms with van der Waals surface area (Å²) in [4.78, 5) is 22.3. The predicted octanol–water partition coefficient (Wildman–Crippen LogP) is 1.53. The first-order chi connectivity index (χ1) is 9.58. The number of rotatable bonds is 4. The summed E-state index contributed by atoms with van der Waals surface area (Å²) in [6, 6.07) is 15.6. The van der Waals surface area contributed by atoms with E-state index in [-0.39, 0.29) is 5.91 Å². The van der Waals surface area contributed by atoms with Crippen LogP contribution < -0.4 is 10.4 Å². The molecular formula is C16H14NO3-. The molecule has 2 rings (SSSR count). The van der Waals surface area contributed by atoms with E-state index in [2.05, 4.69) is 5.32 Å². The Morgan fingerprint density at radius 2 is 1.50 bits per heavy atom. The first-order valence-corrected chi connectivity index (χ1v) is 6.21. The first kappa shape index (κ1) is 13.8. The second kappa shape index (κ2) is 6.02. The molecular weight excluding hydrogens is 254 g/mol. The third kappa shape index (κ3) is 3.23. The van der Waals surface area contributed by atoms with Crippen LogP contribution in [0.25, 0.3) is 0 Å². The molecule has 0 bridgehead atoms. The van der Waals surface area contributed by atoms with Gasteiger partial charge in [0.15, 0.2) is 0 Å². The van der Waals surface area contributed by atoms with Gasteiger partial charge in [0.1, 0.15) is 0 Å². The molecule has 1 N–H and O–H groups in total. The lowest BCUT2D eigenvalue weighted by Crippen LogP contribution is -2.30. The highest BCUT2D eigenvalue weighted by Gasteiger charge is 2.15. The van der Waals surface area contributed by atoms with Gasteiger partial charge >= 0.3 is 0 Å². The number of carboxylic acids is 1. The third-order valence-corrected chi connectivity index (χ3v) is 2.93. The predicted molar refractivity (Wildman–Crippen MR) is 74.0 cm³/mol. The molecule has 2 aromatic carbocycles. The maximum absolute atomic E-state index is 11.4. The van der Waals surface area contributed by atoms with Crippen LogP contribution in [0.3, 0.4) is 0 Å². The van der Waals surface area contributed by atoms with Gasteiger partial charge in [-0.1, -0.05) is 42.5 Å². The van der Waals surface area contributed by atoms with Crippen molar-refractivity contribution >= 4 is 17.6 Å². The third-order valence-electron chi connectivity index (χ3n) is 2.93. The second-order valence-electron chi connectivity index (χ2n) is 4.47. The number of hydrogen-bond acceptors (Lipinski definition) is 3. The Morgan fingerprint density at radius 3 is 2.00 bits per heavy atom. The van der Waals surface area contributed by atoms with Crippen LogP contribution in [0, 0.1) is 0 Å². The van der Waals surface area contributed by atoms with Crippen LogP contribution in [-0.2, 0) is 9.59 Å². The monoisotopic (exact) mass is 268 g/mol. The standard InChI is InChI=1S/C16H15NO3/c1-11(18)17-14-9-7-13(8-10-14)15(16(19)20)12-5-3-2-4-6-12/h2-10,15H,1H3,(H,17,18)(H,19,20)/p-1. The van der Waals surface area contributed by atoms with E-state index in [4.69, 9.17) is 0 Å². The molecule has 0 spiro atoms. The van der Waals surface area contributed by atoms with Crippen LogP contribution in [0.1, 0.15) is 24.0 Å². The molecule has 0 aliphatic carbocycles. The van der Waals surface area contributed by atoms with Gasteiger partial charge in [-0.15, -0.1) is 0 Å². The fourth-order valence-electron chi connectivity index (χ4n) is 2.07. The van der Waals surface area contributed by atoms with Gasteiger partial charge in [0.05, 0.1) is 5.97 Å². The number of amides is 1. The van der Waals surface area contributed by atoms with E-state index >= 15 is 0 Å². The molecule has 1 amide bonds. The summed E-state index contributed by atoms with van der Waals surface area (Å²) in [5.41, 5.74) is 1.91. The molecule has 20 heavy (non-hydrogen) atoms. The van der Waals surface area contributed by atoms with Crippen LogP contribution >= 0.6 is 0 Å². The SMILES string of the molecule is CC(=O)Nc1ccc(C(C(=O)[O-])c2ccccc2)cc1. The number of carbonyl (C=O) groups excluding carboxylic acids is 2. The fraction of sp³-hybridized carbons (Fsp3) is 0.125. The maximum atomic E-state index is 11.4. The summed E-state index contributed by atoms with van der Waals surface area (Å²) < 4.78 is 0. The normalized spacial score (nSPS) is 11.7. The number of carbonyl (C=O) groups is 2. The van der Waals surface area contributed by atoms with Crippen molar-refractivity contribution in [3.63, 3.8) is 0 Å². The largest absolute Gasteiger partial charge is 0.549 e. The highest BCUT2D eigenvalue weighted by atomic mass is 16.4. The number of aliphatic carboxylic acids is 1. The topological polar surface area (TPSA) is 69.2 Å². The van der Waals surface area contributed by atoms with Crippen LogP contribution in [0.5, 0.6) is 0 Å². The Bertz CT molecular complexity index is 605. The van der Waals surface area contributed by atoms with Gasteiger partial charge in [-0.3, -0.25) is 4.79 Å². The highest BCUT2D eigenvalue weighted by molar-refractivity contribution is 5.88. The van der Waals surface area contributed by atoms with E-state index in [9.17, 15) is 14.7 Å². The van der Waals surface area contributed by atoms with Crippen molar-refractivity contribution in [2.24, 2.45) is 0 Å². The van der Waals surface area contributed by atoms with E-state index in [1.165, 1.54) is 6.92 Å². The van der Waals surface area contributed by atoms with Crippen LogP contribution in [0.15, 0.2) is 54.6 Å². The Kier molecular flexibility index (Phi) is 4.15. The lowest BCUT2D eigenvalue weighted by Gasteiger charge is -2.19. The van der Waals surface area contributed by atoms with Gasteiger partial charge < -0.3 is 15.2 Å². The zero-order valence-corrected chi connectivity index (χ0v) is 11.0. The van der Waals surface area contributed by atoms with Crippen molar-refractivity contribution in [1.82, 2.24) is 0 Å². The van der Waals surface area contributed by atoms with Gasteiger partial charge in [-0.05, 0) is 23.3 Å².